The zero-order valence-corrected chi connectivity index (χ0v) is 22.8. The molecule has 0 saturated heterocycles. The van der Waals surface area contributed by atoms with Crippen molar-refractivity contribution in [1.29, 1.82) is 5.26 Å². The van der Waals surface area contributed by atoms with Gasteiger partial charge in [-0.15, -0.1) is 21.5 Å². The van der Waals surface area contributed by atoms with E-state index in [0.29, 0.717) is 24.5 Å². The van der Waals surface area contributed by atoms with E-state index in [-0.39, 0.29) is 12.3 Å². The normalized spacial score (nSPS) is 10.8. The molecule has 11 heteroatoms. The van der Waals surface area contributed by atoms with Gasteiger partial charge in [-0.05, 0) is 42.3 Å². The molecule has 0 N–H and O–H groups in total. The first-order valence-corrected chi connectivity index (χ1v) is 14.0. The van der Waals surface area contributed by atoms with Crippen LogP contribution in [0.15, 0.2) is 83.9 Å². The summed E-state index contributed by atoms with van der Waals surface area (Å²) in [7, 11) is 0. The van der Waals surface area contributed by atoms with Crippen LogP contribution in [-0.4, -0.2) is 47.1 Å². The number of nitrogens with zero attached hydrogens (tertiary/aromatic N) is 8. The lowest BCUT2D eigenvalue weighted by atomic mass is 10.2. The number of para-hydroxylation sites is 1. The van der Waals surface area contributed by atoms with Gasteiger partial charge in [-0.3, -0.25) is 19.3 Å². The molecule has 4 heterocycles. The Bertz CT molecular complexity index is 1590. The monoisotopic (exact) mass is 552 g/mol. The predicted octanol–water partition coefficient (Wildman–Crippen LogP) is 5.34. The molecular formula is C28H24N8OS2. The number of aromatic nitrogens is 6. The Hall–Kier alpha value is -4.40. The molecule has 0 fully saturated rings. The number of nitriles is 1. The lowest BCUT2D eigenvalue weighted by Gasteiger charge is -2.20. The Morgan fingerprint density at radius 1 is 1.08 bits per heavy atom. The highest BCUT2D eigenvalue weighted by atomic mass is 32.2. The van der Waals surface area contributed by atoms with E-state index in [1.807, 2.05) is 47.0 Å². The number of rotatable bonds is 10. The highest BCUT2D eigenvalue weighted by Crippen LogP contribution is 2.31. The Morgan fingerprint density at radius 2 is 1.92 bits per heavy atom. The van der Waals surface area contributed by atoms with E-state index in [1.165, 1.54) is 23.1 Å². The number of hydrogen-bond acceptors (Lipinski definition) is 9. The molecule has 5 aromatic rings. The third-order valence-corrected chi connectivity index (χ3v) is 7.87. The Balaban J connectivity index is 1.36. The van der Waals surface area contributed by atoms with Crippen molar-refractivity contribution in [2.24, 2.45) is 0 Å². The largest absolute Gasteiger partial charge is 0.332 e. The minimum absolute atomic E-state index is 0.204. The number of amides is 1. The minimum Gasteiger partial charge on any atom is -0.332 e. The second-order valence-electron chi connectivity index (χ2n) is 8.58. The second-order valence-corrected chi connectivity index (χ2v) is 10.5. The van der Waals surface area contributed by atoms with Gasteiger partial charge in [0.25, 0.3) is 5.91 Å². The van der Waals surface area contributed by atoms with E-state index in [4.69, 9.17) is 5.26 Å². The van der Waals surface area contributed by atoms with Gasteiger partial charge in [-0.25, -0.2) is 4.98 Å². The zero-order valence-electron chi connectivity index (χ0n) is 21.1. The molecule has 9 nitrogen and oxygen atoms in total. The summed E-state index contributed by atoms with van der Waals surface area (Å²) in [5.41, 5.74) is 4.28. The molecule has 0 saturated carbocycles. The highest BCUT2D eigenvalue weighted by Gasteiger charge is 2.21. The highest BCUT2D eigenvalue weighted by molar-refractivity contribution is 7.98. The molecule has 0 radical (unpaired) electrons. The molecule has 194 valence electrons. The standard InChI is InChI=1S/C28H24N8OS2/c1-20-6-2-3-8-24(20)36-26(22-9-13-30-14-10-22)33-34-28(36)39-19-25-32-23(18-38-25)27(37)35(15-5-11-29)17-21-7-4-12-31-16-21/h2-4,6-10,12-14,16,18H,5,15,17,19H2,1H3. The van der Waals surface area contributed by atoms with E-state index < -0.39 is 0 Å². The topological polar surface area (TPSA) is 113 Å². The molecule has 0 spiro atoms. The van der Waals surface area contributed by atoms with E-state index in [1.54, 1.807) is 35.1 Å². The van der Waals surface area contributed by atoms with Crippen molar-refractivity contribution in [3.8, 4) is 23.1 Å². The molecule has 0 atom stereocenters. The van der Waals surface area contributed by atoms with Crippen LogP contribution in [0, 0.1) is 18.3 Å². The van der Waals surface area contributed by atoms with Crippen LogP contribution in [0.3, 0.4) is 0 Å². The van der Waals surface area contributed by atoms with Crippen molar-refractivity contribution in [3.05, 3.63) is 101 Å². The van der Waals surface area contributed by atoms with Crippen molar-refractivity contribution in [2.75, 3.05) is 6.54 Å². The molecule has 5 rings (SSSR count). The maximum absolute atomic E-state index is 13.3. The van der Waals surface area contributed by atoms with Crippen LogP contribution in [0.5, 0.6) is 0 Å². The van der Waals surface area contributed by atoms with Crippen molar-refractivity contribution < 1.29 is 4.79 Å². The third kappa shape index (κ3) is 6.19. The number of aryl methyl sites for hydroxylation is 1. The summed E-state index contributed by atoms with van der Waals surface area (Å²) in [6.45, 7) is 2.75. The summed E-state index contributed by atoms with van der Waals surface area (Å²) in [6.07, 6.45) is 7.13. The van der Waals surface area contributed by atoms with Crippen LogP contribution in [-0.2, 0) is 12.3 Å². The molecule has 4 aromatic heterocycles. The lowest BCUT2D eigenvalue weighted by molar-refractivity contribution is 0.0741. The zero-order chi connectivity index (χ0) is 27.0. The van der Waals surface area contributed by atoms with Crippen LogP contribution in [0.1, 0.15) is 33.0 Å². The van der Waals surface area contributed by atoms with Crippen molar-refractivity contribution in [3.63, 3.8) is 0 Å². The Labute approximate surface area is 234 Å². The summed E-state index contributed by atoms with van der Waals surface area (Å²) < 4.78 is 2.05. The van der Waals surface area contributed by atoms with Gasteiger partial charge in [0.2, 0.25) is 0 Å². The van der Waals surface area contributed by atoms with Gasteiger partial charge in [0.15, 0.2) is 11.0 Å². The van der Waals surface area contributed by atoms with Crippen LogP contribution in [0.25, 0.3) is 17.1 Å². The molecule has 1 amide bonds. The third-order valence-electron chi connectivity index (χ3n) is 5.90. The van der Waals surface area contributed by atoms with Gasteiger partial charge in [-0.2, -0.15) is 5.26 Å². The average Bonchev–Trinajstić information content (AvgIpc) is 3.62. The van der Waals surface area contributed by atoms with Crippen molar-refractivity contribution in [2.45, 2.75) is 30.8 Å². The van der Waals surface area contributed by atoms with E-state index in [2.05, 4.69) is 44.2 Å². The van der Waals surface area contributed by atoms with Gasteiger partial charge < -0.3 is 4.90 Å². The molecule has 0 aliphatic carbocycles. The first-order valence-electron chi connectivity index (χ1n) is 12.2. The van der Waals surface area contributed by atoms with Gasteiger partial charge in [0.1, 0.15) is 10.7 Å². The summed E-state index contributed by atoms with van der Waals surface area (Å²) in [6, 6.07) is 17.8. The SMILES string of the molecule is Cc1ccccc1-n1c(SCc2nc(C(=O)N(CCC#N)Cc3cccnc3)cs2)nnc1-c1ccncc1. The quantitative estimate of drug-likeness (QED) is 0.213. The fourth-order valence-corrected chi connectivity index (χ4v) is 5.73. The molecular weight excluding hydrogens is 528 g/mol. The van der Waals surface area contributed by atoms with Crippen LogP contribution in [0.4, 0.5) is 0 Å². The lowest BCUT2D eigenvalue weighted by Crippen LogP contribution is -2.31. The molecule has 39 heavy (non-hydrogen) atoms. The van der Waals surface area contributed by atoms with Crippen LogP contribution >= 0.6 is 23.1 Å². The van der Waals surface area contributed by atoms with Gasteiger partial charge in [0.05, 0.1) is 23.9 Å². The number of thioether (sulfide) groups is 1. The van der Waals surface area contributed by atoms with E-state index >= 15 is 0 Å². The second kappa shape index (κ2) is 12.4. The number of pyridine rings is 2. The Morgan fingerprint density at radius 3 is 2.69 bits per heavy atom. The molecule has 0 aliphatic heterocycles. The fraction of sp³-hybridized carbons (Fsp3) is 0.179. The van der Waals surface area contributed by atoms with Crippen molar-refractivity contribution in [1.82, 2.24) is 34.6 Å². The van der Waals surface area contributed by atoms with Crippen molar-refractivity contribution >= 4 is 29.0 Å². The number of thiazole rings is 1. The van der Waals surface area contributed by atoms with Crippen LogP contribution < -0.4 is 0 Å². The fourth-order valence-electron chi connectivity index (χ4n) is 4.00. The first kappa shape index (κ1) is 26.2. The molecule has 0 bridgehead atoms. The Kier molecular flexibility index (Phi) is 8.36. The van der Waals surface area contributed by atoms with Gasteiger partial charge in [0, 0.05) is 48.8 Å². The maximum atomic E-state index is 13.3. The first-order chi connectivity index (χ1) is 19.1. The molecule has 1 aromatic carbocycles. The van der Waals surface area contributed by atoms with Gasteiger partial charge in [-0.1, -0.05) is 36.0 Å². The number of benzene rings is 1. The molecule has 0 aliphatic rings. The summed E-state index contributed by atoms with van der Waals surface area (Å²) in [5, 5.41) is 21.4. The minimum atomic E-state index is -0.204. The summed E-state index contributed by atoms with van der Waals surface area (Å²) in [4.78, 5) is 27.8. The number of hydrogen-bond donors (Lipinski definition) is 0. The van der Waals surface area contributed by atoms with E-state index in [9.17, 15) is 4.79 Å². The number of carbonyl (C=O) groups excluding carboxylic acids is 1. The number of carbonyl (C=O) groups is 1. The predicted molar refractivity (Wildman–Crippen MR) is 150 cm³/mol. The summed E-state index contributed by atoms with van der Waals surface area (Å²) >= 11 is 2.94. The average molecular weight is 553 g/mol. The summed E-state index contributed by atoms with van der Waals surface area (Å²) in [5.74, 6) is 1.05. The van der Waals surface area contributed by atoms with Gasteiger partial charge >= 0.3 is 0 Å². The maximum Gasteiger partial charge on any atom is 0.273 e. The van der Waals surface area contributed by atoms with Crippen LogP contribution in [0.2, 0.25) is 0 Å². The van der Waals surface area contributed by atoms with E-state index in [0.717, 1.165) is 38.4 Å². The molecule has 0 unspecified atom stereocenters. The smallest absolute Gasteiger partial charge is 0.273 e.